The van der Waals surface area contributed by atoms with Gasteiger partial charge in [-0.15, -0.1) is 0 Å². The molecule has 0 atom stereocenters. The third-order valence-corrected chi connectivity index (χ3v) is 3.21. The maximum absolute atomic E-state index is 12.1. The zero-order valence-electron chi connectivity index (χ0n) is 11.7. The zero-order valence-corrected chi connectivity index (χ0v) is 11.7. The quantitative estimate of drug-likeness (QED) is 0.786. The van der Waals surface area contributed by atoms with Crippen LogP contribution in [-0.2, 0) is 13.6 Å². The van der Waals surface area contributed by atoms with Gasteiger partial charge >= 0.3 is 5.69 Å². The molecule has 1 aromatic carbocycles. The summed E-state index contributed by atoms with van der Waals surface area (Å²) in [4.78, 5) is 35.3. The van der Waals surface area contributed by atoms with Crippen LogP contribution >= 0.6 is 0 Å². The van der Waals surface area contributed by atoms with Gasteiger partial charge in [-0.25, -0.2) is 4.79 Å². The van der Waals surface area contributed by atoms with E-state index >= 15 is 0 Å². The summed E-state index contributed by atoms with van der Waals surface area (Å²) in [5.41, 5.74) is 1.11. The summed E-state index contributed by atoms with van der Waals surface area (Å²) < 4.78 is 2.34. The largest absolute Gasteiger partial charge is 0.331 e. The van der Waals surface area contributed by atoms with Crippen LogP contribution in [0, 0.1) is 6.92 Å². The van der Waals surface area contributed by atoms with Gasteiger partial charge in [0.2, 0.25) is 0 Å². The van der Waals surface area contributed by atoms with Crippen LogP contribution in [0.1, 0.15) is 28.4 Å². The lowest BCUT2D eigenvalue weighted by Crippen LogP contribution is -2.40. The molecular weight excluding hydrogens is 256 g/mol. The SMILES string of the molecule is CC(=O)c1cn(Cc2ccc(C)cc2)c(=O)n(C)c1=O. The summed E-state index contributed by atoms with van der Waals surface area (Å²) in [5.74, 6) is -0.344. The van der Waals surface area contributed by atoms with E-state index in [2.05, 4.69) is 0 Å². The lowest BCUT2D eigenvalue weighted by atomic mass is 10.1. The average molecular weight is 272 g/mol. The van der Waals surface area contributed by atoms with Crippen molar-refractivity contribution in [1.82, 2.24) is 9.13 Å². The number of ketones is 1. The van der Waals surface area contributed by atoms with Gasteiger partial charge in [0.25, 0.3) is 5.56 Å². The topological polar surface area (TPSA) is 61.1 Å². The van der Waals surface area contributed by atoms with Crippen LogP contribution in [0.5, 0.6) is 0 Å². The second kappa shape index (κ2) is 5.28. The molecule has 0 amide bonds. The number of benzene rings is 1. The summed E-state index contributed by atoms with van der Waals surface area (Å²) in [6.45, 7) is 3.63. The Morgan fingerprint density at radius 2 is 1.75 bits per heavy atom. The second-order valence-electron chi connectivity index (χ2n) is 4.86. The standard InChI is InChI=1S/C15H16N2O3/c1-10-4-6-12(7-5-10)8-17-9-13(11(2)18)14(19)16(3)15(17)20/h4-7,9H,8H2,1-3H3. The predicted molar refractivity (Wildman–Crippen MR) is 76.2 cm³/mol. The van der Waals surface area contributed by atoms with Gasteiger partial charge in [-0.2, -0.15) is 0 Å². The molecule has 0 saturated heterocycles. The molecule has 1 aromatic heterocycles. The minimum atomic E-state index is -0.553. The van der Waals surface area contributed by atoms with E-state index < -0.39 is 11.2 Å². The van der Waals surface area contributed by atoms with E-state index in [1.807, 2.05) is 31.2 Å². The molecule has 2 rings (SSSR count). The predicted octanol–water partition coefficient (Wildman–Crippen LogP) is 1.11. The highest BCUT2D eigenvalue weighted by atomic mass is 16.2. The Morgan fingerprint density at radius 1 is 1.15 bits per heavy atom. The van der Waals surface area contributed by atoms with Crippen LogP contribution in [0.25, 0.3) is 0 Å². The molecule has 0 aliphatic carbocycles. The molecule has 0 spiro atoms. The Bertz CT molecular complexity index is 767. The van der Waals surface area contributed by atoms with E-state index in [4.69, 9.17) is 0 Å². The van der Waals surface area contributed by atoms with Gasteiger partial charge in [0.1, 0.15) is 0 Å². The fourth-order valence-electron chi connectivity index (χ4n) is 1.97. The van der Waals surface area contributed by atoms with Crippen molar-refractivity contribution in [1.29, 1.82) is 0 Å². The van der Waals surface area contributed by atoms with Gasteiger partial charge in [0, 0.05) is 13.2 Å². The number of carbonyl (C=O) groups is 1. The van der Waals surface area contributed by atoms with Gasteiger partial charge in [-0.1, -0.05) is 29.8 Å². The average Bonchev–Trinajstić information content (AvgIpc) is 2.41. The van der Waals surface area contributed by atoms with E-state index in [-0.39, 0.29) is 11.3 Å². The highest BCUT2D eigenvalue weighted by Gasteiger charge is 2.12. The van der Waals surface area contributed by atoms with E-state index in [1.165, 1.54) is 24.7 Å². The number of nitrogens with zero attached hydrogens (tertiary/aromatic N) is 2. The summed E-state index contributed by atoms with van der Waals surface area (Å²) in [6.07, 6.45) is 1.34. The number of aryl methyl sites for hydroxylation is 1. The first-order valence-corrected chi connectivity index (χ1v) is 6.27. The number of rotatable bonds is 3. The van der Waals surface area contributed by atoms with Crippen molar-refractivity contribution in [2.75, 3.05) is 0 Å². The third kappa shape index (κ3) is 2.61. The van der Waals surface area contributed by atoms with Gasteiger partial charge in [0.05, 0.1) is 12.1 Å². The summed E-state index contributed by atoms with van der Waals surface area (Å²) in [5, 5.41) is 0. The Hall–Kier alpha value is -2.43. The van der Waals surface area contributed by atoms with Crippen molar-refractivity contribution in [3.63, 3.8) is 0 Å². The van der Waals surface area contributed by atoms with Crippen molar-refractivity contribution in [3.8, 4) is 0 Å². The normalized spacial score (nSPS) is 10.6. The molecule has 0 N–H and O–H groups in total. The van der Waals surface area contributed by atoms with Crippen LogP contribution in [0.4, 0.5) is 0 Å². The van der Waals surface area contributed by atoms with Gasteiger partial charge < -0.3 is 0 Å². The minimum absolute atomic E-state index is 0.0270. The number of Topliss-reactive ketones (excluding diaryl/α,β-unsaturated/α-hetero) is 1. The molecule has 0 saturated carbocycles. The highest BCUT2D eigenvalue weighted by molar-refractivity contribution is 5.93. The lowest BCUT2D eigenvalue weighted by Gasteiger charge is -2.09. The monoisotopic (exact) mass is 272 g/mol. The number of aromatic nitrogens is 2. The van der Waals surface area contributed by atoms with E-state index in [1.54, 1.807) is 0 Å². The molecule has 0 radical (unpaired) electrons. The Morgan fingerprint density at radius 3 is 2.30 bits per heavy atom. The maximum atomic E-state index is 12.1. The smallest absolute Gasteiger partial charge is 0.295 e. The van der Waals surface area contributed by atoms with Crippen LogP contribution in [-0.4, -0.2) is 14.9 Å². The summed E-state index contributed by atoms with van der Waals surface area (Å²) in [6, 6.07) is 7.74. The Labute approximate surface area is 116 Å². The lowest BCUT2D eigenvalue weighted by molar-refractivity contribution is 0.101. The second-order valence-corrected chi connectivity index (χ2v) is 4.86. The summed E-state index contributed by atoms with van der Waals surface area (Å²) in [7, 11) is 1.38. The number of carbonyl (C=O) groups excluding carboxylic acids is 1. The molecule has 0 aliphatic rings. The fraction of sp³-hybridized carbons (Fsp3) is 0.267. The first-order chi connectivity index (χ1) is 9.40. The molecule has 1 heterocycles. The van der Waals surface area contributed by atoms with Crippen LogP contribution in [0.15, 0.2) is 40.1 Å². The van der Waals surface area contributed by atoms with Gasteiger partial charge in [0.15, 0.2) is 5.78 Å². The van der Waals surface area contributed by atoms with Crippen molar-refractivity contribution in [2.24, 2.45) is 7.05 Å². The molecule has 5 heteroatoms. The molecule has 2 aromatic rings. The molecule has 5 nitrogen and oxygen atoms in total. The van der Waals surface area contributed by atoms with Gasteiger partial charge in [-0.05, 0) is 19.4 Å². The van der Waals surface area contributed by atoms with Crippen LogP contribution in [0.3, 0.4) is 0 Å². The third-order valence-electron chi connectivity index (χ3n) is 3.21. The molecule has 0 fully saturated rings. The number of hydrogen-bond donors (Lipinski definition) is 0. The highest BCUT2D eigenvalue weighted by Crippen LogP contribution is 2.04. The molecule has 0 bridgehead atoms. The van der Waals surface area contributed by atoms with E-state index in [0.717, 1.165) is 15.7 Å². The molecule has 20 heavy (non-hydrogen) atoms. The maximum Gasteiger partial charge on any atom is 0.331 e. The van der Waals surface area contributed by atoms with Crippen molar-refractivity contribution in [3.05, 3.63) is 68.0 Å². The molecular formula is C15H16N2O3. The zero-order chi connectivity index (χ0) is 14.9. The first kappa shape index (κ1) is 14.0. The van der Waals surface area contributed by atoms with Crippen LogP contribution in [0.2, 0.25) is 0 Å². The van der Waals surface area contributed by atoms with E-state index in [0.29, 0.717) is 6.54 Å². The fourth-order valence-corrected chi connectivity index (χ4v) is 1.97. The van der Waals surface area contributed by atoms with Gasteiger partial charge in [-0.3, -0.25) is 18.7 Å². The first-order valence-electron chi connectivity index (χ1n) is 6.27. The van der Waals surface area contributed by atoms with Crippen molar-refractivity contribution >= 4 is 5.78 Å². The summed E-state index contributed by atoms with van der Waals surface area (Å²) >= 11 is 0. The van der Waals surface area contributed by atoms with E-state index in [9.17, 15) is 14.4 Å². The minimum Gasteiger partial charge on any atom is -0.295 e. The molecule has 104 valence electrons. The van der Waals surface area contributed by atoms with Crippen LogP contribution < -0.4 is 11.2 Å². The Balaban J connectivity index is 2.52. The van der Waals surface area contributed by atoms with Crippen molar-refractivity contribution in [2.45, 2.75) is 20.4 Å². The number of hydrogen-bond acceptors (Lipinski definition) is 3. The Kier molecular flexibility index (Phi) is 3.70. The molecule has 0 aliphatic heterocycles. The van der Waals surface area contributed by atoms with Crippen molar-refractivity contribution < 1.29 is 4.79 Å². The molecule has 0 unspecified atom stereocenters.